The van der Waals surface area contributed by atoms with Gasteiger partial charge in [0.15, 0.2) is 0 Å². The Hall–Kier alpha value is -1.90. The third-order valence-corrected chi connectivity index (χ3v) is 3.55. The molecule has 2 heterocycles. The molecule has 1 aliphatic heterocycles. The van der Waals surface area contributed by atoms with Crippen LogP contribution < -0.4 is 0 Å². The highest BCUT2D eigenvalue weighted by molar-refractivity contribution is 6.00. The van der Waals surface area contributed by atoms with Gasteiger partial charge in [-0.1, -0.05) is 26.0 Å². The van der Waals surface area contributed by atoms with Gasteiger partial charge in [-0.3, -0.25) is 9.78 Å². The Balaban J connectivity index is 2.20. The van der Waals surface area contributed by atoms with Crippen LogP contribution in [-0.2, 0) is 6.54 Å². The lowest BCUT2D eigenvalue weighted by atomic mass is 10.0. The minimum Gasteiger partial charge on any atom is -0.336 e. The van der Waals surface area contributed by atoms with Crippen molar-refractivity contribution in [2.45, 2.75) is 26.3 Å². The Labute approximate surface area is 106 Å². The third kappa shape index (κ3) is 1.58. The average molecular weight is 240 g/mol. The molecule has 1 aliphatic rings. The second-order valence-electron chi connectivity index (χ2n) is 5.25. The summed E-state index contributed by atoms with van der Waals surface area (Å²) in [5.41, 5.74) is 3.92. The number of nitrogens with zero attached hydrogens (tertiary/aromatic N) is 2. The van der Waals surface area contributed by atoms with E-state index in [2.05, 4.69) is 37.0 Å². The minimum atomic E-state index is 0.0762. The van der Waals surface area contributed by atoms with Gasteiger partial charge in [0.1, 0.15) is 0 Å². The fraction of sp³-hybridized carbons (Fsp3) is 0.333. The number of hydrogen-bond acceptors (Lipinski definition) is 2. The Morgan fingerprint density at radius 1 is 1.28 bits per heavy atom. The topological polar surface area (TPSA) is 33.2 Å². The van der Waals surface area contributed by atoms with Crippen molar-refractivity contribution in [2.24, 2.45) is 0 Å². The number of carbonyl (C=O) groups excluding carboxylic acids is 1. The average Bonchev–Trinajstić information content (AvgIpc) is 2.61. The van der Waals surface area contributed by atoms with Gasteiger partial charge in [-0.05, 0) is 23.6 Å². The van der Waals surface area contributed by atoms with Gasteiger partial charge in [0.05, 0.1) is 23.3 Å². The molecule has 1 aromatic heterocycles. The van der Waals surface area contributed by atoms with E-state index in [1.165, 1.54) is 5.56 Å². The summed E-state index contributed by atoms with van der Waals surface area (Å²) in [6, 6.07) is 8.27. The molecule has 1 amide bonds. The highest BCUT2D eigenvalue weighted by Gasteiger charge is 2.26. The van der Waals surface area contributed by atoms with E-state index in [1.54, 1.807) is 4.90 Å². The largest absolute Gasteiger partial charge is 0.336 e. The van der Waals surface area contributed by atoms with Gasteiger partial charge >= 0.3 is 0 Å². The van der Waals surface area contributed by atoms with E-state index >= 15 is 0 Å². The van der Waals surface area contributed by atoms with Gasteiger partial charge in [-0.15, -0.1) is 0 Å². The van der Waals surface area contributed by atoms with Crippen molar-refractivity contribution in [3.05, 3.63) is 41.1 Å². The summed E-state index contributed by atoms with van der Waals surface area (Å²) in [7, 11) is 1.81. The highest BCUT2D eigenvalue weighted by Crippen LogP contribution is 2.26. The van der Waals surface area contributed by atoms with E-state index in [0.29, 0.717) is 12.5 Å². The maximum Gasteiger partial charge on any atom is 0.255 e. The highest BCUT2D eigenvalue weighted by atomic mass is 16.2. The zero-order valence-electron chi connectivity index (χ0n) is 10.9. The van der Waals surface area contributed by atoms with Gasteiger partial charge in [0.25, 0.3) is 5.91 Å². The van der Waals surface area contributed by atoms with Crippen molar-refractivity contribution in [2.75, 3.05) is 7.05 Å². The summed E-state index contributed by atoms with van der Waals surface area (Å²) in [6.45, 7) is 4.97. The predicted octanol–water partition coefficient (Wildman–Crippen LogP) is 2.94. The summed E-state index contributed by atoms with van der Waals surface area (Å²) >= 11 is 0. The normalized spacial score (nSPS) is 14.7. The molecule has 2 aromatic rings. The number of carbonyl (C=O) groups is 1. The van der Waals surface area contributed by atoms with E-state index < -0.39 is 0 Å². The molecule has 0 saturated carbocycles. The van der Waals surface area contributed by atoms with Crippen LogP contribution in [0.3, 0.4) is 0 Å². The lowest BCUT2D eigenvalue weighted by molar-refractivity contribution is 0.0816. The number of rotatable bonds is 1. The van der Waals surface area contributed by atoms with E-state index in [4.69, 9.17) is 0 Å². The first-order valence-electron chi connectivity index (χ1n) is 6.25. The molecule has 18 heavy (non-hydrogen) atoms. The maximum atomic E-state index is 11.9. The molecule has 0 bridgehead atoms. The summed E-state index contributed by atoms with van der Waals surface area (Å²) in [4.78, 5) is 18.2. The maximum absolute atomic E-state index is 11.9. The molecule has 0 saturated heterocycles. The van der Waals surface area contributed by atoms with Gasteiger partial charge in [0, 0.05) is 12.4 Å². The van der Waals surface area contributed by atoms with E-state index in [0.717, 1.165) is 22.2 Å². The fourth-order valence-electron chi connectivity index (χ4n) is 2.39. The molecule has 1 aromatic carbocycles. The number of fused-ring (bicyclic) bond motifs is 2. The SMILES string of the molecule is CC(C)c1ccc2cc3c(nc2c1)CN(C)C3=O. The van der Waals surface area contributed by atoms with E-state index in [1.807, 2.05) is 13.1 Å². The molecule has 3 rings (SSSR count). The molecule has 0 aliphatic carbocycles. The zero-order chi connectivity index (χ0) is 12.9. The Morgan fingerprint density at radius 2 is 2.06 bits per heavy atom. The molecule has 0 unspecified atom stereocenters. The molecule has 3 nitrogen and oxygen atoms in total. The van der Waals surface area contributed by atoms with Gasteiger partial charge < -0.3 is 4.90 Å². The van der Waals surface area contributed by atoms with Crippen LogP contribution >= 0.6 is 0 Å². The quantitative estimate of drug-likeness (QED) is 0.767. The molecule has 92 valence electrons. The van der Waals surface area contributed by atoms with Gasteiger partial charge in [0.2, 0.25) is 0 Å². The first kappa shape index (κ1) is 11.2. The smallest absolute Gasteiger partial charge is 0.255 e. The summed E-state index contributed by atoms with van der Waals surface area (Å²) in [6.07, 6.45) is 0. The van der Waals surface area contributed by atoms with Crippen molar-refractivity contribution >= 4 is 16.8 Å². The molecular formula is C15H16N2O. The standard InChI is InChI=1S/C15H16N2O/c1-9(2)10-4-5-11-6-12-14(16-13(11)7-10)8-17(3)15(12)18/h4-7,9H,8H2,1-3H3. The van der Waals surface area contributed by atoms with Crippen molar-refractivity contribution in [3.63, 3.8) is 0 Å². The van der Waals surface area contributed by atoms with Crippen LogP contribution in [0.25, 0.3) is 10.9 Å². The number of aromatic nitrogens is 1. The number of pyridine rings is 1. The number of hydrogen-bond donors (Lipinski definition) is 0. The lowest BCUT2D eigenvalue weighted by Gasteiger charge is -2.07. The van der Waals surface area contributed by atoms with Gasteiger partial charge in [-0.25, -0.2) is 0 Å². The second-order valence-corrected chi connectivity index (χ2v) is 5.25. The molecule has 0 atom stereocenters. The molecule has 0 radical (unpaired) electrons. The van der Waals surface area contributed by atoms with Crippen molar-refractivity contribution in [1.82, 2.24) is 9.88 Å². The van der Waals surface area contributed by atoms with Crippen molar-refractivity contribution < 1.29 is 4.79 Å². The molecular weight excluding hydrogens is 224 g/mol. The van der Waals surface area contributed by atoms with Gasteiger partial charge in [-0.2, -0.15) is 0 Å². The third-order valence-electron chi connectivity index (χ3n) is 3.55. The van der Waals surface area contributed by atoms with Crippen molar-refractivity contribution in [3.8, 4) is 0 Å². The van der Waals surface area contributed by atoms with Crippen LogP contribution in [0.4, 0.5) is 0 Å². The van der Waals surface area contributed by atoms with E-state index in [9.17, 15) is 4.79 Å². The molecule has 0 fully saturated rings. The summed E-state index contributed by atoms with van der Waals surface area (Å²) < 4.78 is 0. The number of benzene rings is 1. The van der Waals surface area contributed by atoms with Crippen LogP contribution in [-0.4, -0.2) is 22.8 Å². The Bertz CT molecular complexity index is 646. The second kappa shape index (κ2) is 3.80. The van der Waals surface area contributed by atoms with Crippen LogP contribution in [0.2, 0.25) is 0 Å². The van der Waals surface area contributed by atoms with Crippen LogP contribution in [0, 0.1) is 0 Å². The Kier molecular flexibility index (Phi) is 2.37. The van der Waals surface area contributed by atoms with Crippen LogP contribution in [0.5, 0.6) is 0 Å². The predicted molar refractivity (Wildman–Crippen MR) is 71.6 cm³/mol. The zero-order valence-corrected chi connectivity index (χ0v) is 10.9. The minimum absolute atomic E-state index is 0.0762. The van der Waals surface area contributed by atoms with Crippen LogP contribution in [0.15, 0.2) is 24.3 Å². The fourth-order valence-corrected chi connectivity index (χ4v) is 2.39. The Morgan fingerprint density at radius 3 is 2.78 bits per heavy atom. The summed E-state index contributed by atoms with van der Waals surface area (Å²) in [5.74, 6) is 0.570. The number of amides is 1. The molecule has 0 N–H and O–H groups in total. The van der Waals surface area contributed by atoms with E-state index in [-0.39, 0.29) is 5.91 Å². The first-order valence-corrected chi connectivity index (χ1v) is 6.25. The summed E-state index contributed by atoms with van der Waals surface area (Å²) in [5, 5.41) is 1.04. The molecule has 0 spiro atoms. The molecule has 3 heteroatoms. The first-order chi connectivity index (χ1) is 8.56. The van der Waals surface area contributed by atoms with Crippen LogP contribution in [0.1, 0.15) is 41.4 Å². The monoisotopic (exact) mass is 240 g/mol. The van der Waals surface area contributed by atoms with Crippen molar-refractivity contribution in [1.29, 1.82) is 0 Å². The lowest BCUT2D eigenvalue weighted by Crippen LogP contribution is -2.17.